The Morgan fingerprint density at radius 3 is 2.50 bits per heavy atom. The van der Waals surface area contributed by atoms with E-state index in [4.69, 9.17) is 16.7 Å². The molecule has 14 heavy (non-hydrogen) atoms. The van der Waals surface area contributed by atoms with Gasteiger partial charge in [0.2, 0.25) is 10.0 Å². The van der Waals surface area contributed by atoms with Crippen molar-refractivity contribution in [1.29, 1.82) is 0 Å². The zero-order valence-electron chi connectivity index (χ0n) is 7.70. The smallest absolute Gasteiger partial charge is 0.303 e. The average Bonchev–Trinajstić information content (AvgIpc) is 2.09. The van der Waals surface area contributed by atoms with Crippen LogP contribution in [-0.4, -0.2) is 37.7 Å². The number of sulfonamides is 1. The highest BCUT2D eigenvalue weighted by atomic mass is 35.5. The molecule has 84 valence electrons. The first-order valence-electron chi connectivity index (χ1n) is 4.23. The predicted molar refractivity (Wildman–Crippen MR) is 54.0 cm³/mol. The van der Waals surface area contributed by atoms with E-state index in [1.54, 1.807) is 0 Å². The fraction of sp³-hybridized carbons (Fsp3) is 0.857. The number of nitrogens with one attached hydrogen (secondary N) is 1. The van der Waals surface area contributed by atoms with Crippen LogP contribution in [0, 0.1) is 0 Å². The SMILES string of the molecule is O=C(O)CCCNS(=O)(=O)CCCCl. The highest BCUT2D eigenvalue weighted by molar-refractivity contribution is 7.89. The van der Waals surface area contributed by atoms with Crippen molar-refractivity contribution in [2.75, 3.05) is 18.2 Å². The Hall–Kier alpha value is -0.330. The lowest BCUT2D eigenvalue weighted by Crippen LogP contribution is -2.27. The Morgan fingerprint density at radius 1 is 1.36 bits per heavy atom. The van der Waals surface area contributed by atoms with Crippen molar-refractivity contribution in [3.8, 4) is 0 Å². The van der Waals surface area contributed by atoms with E-state index in [-0.39, 0.29) is 18.7 Å². The van der Waals surface area contributed by atoms with Crippen LogP contribution in [0.25, 0.3) is 0 Å². The Balaban J connectivity index is 3.61. The van der Waals surface area contributed by atoms with Gasteiger partial charge < -0.3 is 5.11 Å². The molecule has 0 saturated heterocycles. The molecule has 0 aromatic heterocycles. The summed E-state index contributed by atoms with van der Waals surface area (Å²) in [6.07, 6.45) is 0.670. The summed E-state index contributed by atoms with van der Waals surface area (Å²) in [4.78, 5) is 10.1. The standard InChI is InChI=1S/C7H14ClNO4S/c8-4-2-6-14(12,13)9-5-1-3-7(10)11/h9H,1-6H2,(H,10,11). The first kappa shape index (κ1) is 13.7. The van der Waals surface area contributed by atoms with Gasteiger partial charge in [0.25, 0.3) is 0 Å². The molecule has 0 heterocycles. The average molecular weight is 244 g/mol. The molecule has 0 aliphatic heterocycles. The largest absolute Gasteiger partial charge is 0.481 e. The number of carboxylic acid groups (broad SMARTS) is 1. The van der Waals surface area contributed by atoms with Crippen LogP contribution < -0.4 is 4.72 Å². The fourth-order valence-electron chi connectivity index (χ4n) is 0.784. The summed E-state index contributed by atoms with van der Waals surface area (Å²) in [5.41, 5.74) is 0. The van der Waals surface area contributed by atoms with E-state index in [0.29, 0.717) is 18.7 Å². The van der Waals surface area contributed by atoms with E-state index in [1.165, 1.54) is 0 Å². The molecule has 0 fully saturated rings. The number of carboxylic acids is 1. The van der Waals surface area contributed by atoms with Gasteiger partial charge in [0.15, 0.2) is 0 Å². The maximum absolute atomic E-state index is 11.1. The second-order valence-corrected chi connectivity index (χ2v) is 5.06. The van der Waals surface area contributed by atoms with E-state index >= 15 is 0 Å². The zero-order valence-corrected chi connectivity index (χ0v) is 9.27. The quantitative estimate of drug-likeness (QED) is 0.478. The van der Waals surface area contributed by atoms with Crippen LogP contribution in [0.2, 0.25) is 0 Å². The summed E-state index contributed by atoms with van der Waals surface area (Å²) in [5, 5.41) is 8.29. The van der Waals surface area contributed by atoms with Gasteiger partial charge in [0, 0.05) is 18.8 Å². The lowest BCUT2D eigenvalue weighted by molar-refractivity contribution is -0.137. The van der Waals surface area contributed by atoms with Gasteiger partial charge in [-0.05, 0) is 12.8 Å². The van der Waals surface area contributed by atoms with Crippen LogP contribution in [0.3, 0.4) is 0 Å². The van der Waals surface area contributed by atoms with Gasteiger partial charge in [-0.2, -0.15) is 0 Å². The maximum Gasteiger partial charge on any atom is 0.303 e. The zero-order chi connectivity index (χ0) is 11.0. The third-order valence-electron chi connectivity index (χ3n) is 1.44. The normalized spacial score (nSPS) is 11.5. The summed E-state index contributed by atoms with van der Waals surface area (Å²) in [7, 11) is -3.27. The van der Waals surface area contributed by atoms with E-state index in [0.717, 1.165) is 0 Å². The van der Waals surface area contributed by atoms with Gasteiger partial charge in [-0.25, -0.2) is 13.1 Å². The Bertz CT molecular complexity index is 265. The number of carbonyl (C=O) groups is 1. The molecular formula is C7H14ClNO4S. The fourth-order valence-corrected chi connectivity index (χ4v) is 2.20. The second kappa shape index (κ2) is 7.03. The van der Waals surface area contributed by atoms with Crippen molar-refractivity contribution in [3.63, 3.8) is 0 Å². The molecule has 7 heteroatoms. The second-order valence-electron chi connectivity index (χ2n) is 2.75. The van der Waals surface area contributed by atoms with Gasteiger partial charge in [-0.3, -0.25) is 4.79 Å². The van der Waals surface area contributed by atoms with E-state index in [1.807, 2.05) is 0 Å². The van der Waals surface area contributed by atoms with Gasteiger partial charge in [0.05, 0.1) is 5.75 Å². The minimum Gasteiger partial charge on any atom is -0.481 e. The number of rotatable bonds is 8. The molecule has 0 spiro atoms. The molecule has 0 rings (SSSR count). The number of hydrogen-bond acceptors (Lipinski definition) is 3. The molecule has 2 N–H and O–H groups in total. The highest BCUT2D eigenvalue weighted by Gasteiger charge is 2.08. The van der Waals surface area contributed by atoms with E-state index in [9.17, 15) is 13.2 Å². The number of alkyl halides is 1. The lowest BCUT2D eigenvalue weighted by Gasteiger charge is -2.04. The van der Waals surface area contributed by atoms with Crippen LogP contribution in [0.4, 0.5) is 0 Å². The van der Waals surface area contributed by atoms with Gasteiger partial charge >= 0.3 is 5.97 Å². The molecular weight excluding hydrogens is 230 g/mol. The summed E-state index contributed by atoms with van der Waals surface area (Å²) in [5.74, 6) is -0.635. The van der Waals surface area contributed by atoms with Gasteiger partial charge in [-0.15, -0.1) is 11.6 Å². The van der Waals surface area contributed by atoms with Crippen molar-refractivity contribution in [1.82, 2.24) is 4.72 Å². The lowest BCUT2D eigenvalue weighted by atomic mass is 10.3. The Morgan fingerprint density at radius 2 is 2.00 bits per heavy atom. The topological polar surface area (TPSA) is 83.5 Å². The molecule has 0 bridgehead atoms. The minimum absolute atomic E-state index is 0.0103. The molecule has 0 aromatic carbocycles. The Labute approximate surface area is 88.5 Å². The molecule has 0 aliphatic carbocycles. The molecule has 0 unspecified atom stereocenters. The molecule has 0 aliphatic rings. The number of halogens is 1. The molecule has 0 atom stereocenters. The Kier molecular flexibility index (Phi) is 6.86. The van der Waals surface area contributed by atoms with E-state index < -0.39 is 16.0 Å². The van der Waals surface area contributed by atoms with E-state index in [2.05, 4.69) is 4.72 Å². The van der Waals surface area contributed by atoms with Crippen LogP contribution in [0.15, 0.2) is 0 Å². The van der Waals surface area contributed by atoms with Crippen molar-refractivity contribution in [2.24, 2.45) is 0 Å². The number of aliphatic carboxylic acids is 1. The van der Waals surface area contributed by atoms with Crippen LogP contribution in [-0.2, 0) is 14.8 Å². The summed E-state index contributed by atoms with van der Waals surface area (Å²) >= 11 is 5.34. The van der Waals surface area contributed by atoms with Crippen LogP contribution in [0.5, 0.6) is 0 Å². The molecule has 5 nitrogen and oxygen atoms in total. The third-order valence-corrected chi connectivity index (χ3v) is 3.17. The van der Waals surface area contributed by atoms with Crippen molar-refractivity contribution >= 4 is 27.6 Å². The summed E-state index contributed by atoms with van der Waals surface area (Å²) in [6.45, 7) is 0.164. The molecule has 0 radical (unpaired) electrons. The first-order chi connectivity index (χ1) is 6.48. The van der Waals surface area contributed by atoms with Crippen molar-refractivity contribution < 1.29 is 18.3 Å². The first-order valence-corrected chi connectivity index (χ1v) is 6.42. The maximum atomic E-state index is 11.1. The molecule has 0 saturated carbocycles. The third kappa shape index (κ3) is 8.28. The van der Waals surface area contributed by atoms with Crippen molar-refractivity contribution in [3.05, 3.63) is 0 Å². The van der Waals surface area contributed by atoms with Crippen molar-refractivity contribution in [2.45, 2.75) is 19.3 Å². The van der Waals surface area contributed by atoms with Crippen LogP contribution in [0.1, 0.15) is 19.3 Å². The molecule has 0 aromatic rings. The highest BCUT2D eigenvalue weighted by Crippen LogP contribution is 1.93. The van der Waals surface area contributed by atoms with Gasteiger partial charge in [0.1, 0.15) is 0 Å². The monoisotopic (exact) mass is 243 g/mol. The predicted octanol–water partition coefficient (Wildman–Crippen LogP) is 0.400. The summed E-state index contributed by atoms with van der Waals surface area (Å²) in [6, 6.07) is 0. The molecule has 0 amide bonds. The minimum atomic E-state index is -3.27. The summed E-state index contributed by atoms with van der Waals surface area (Å²) < 4.78 is 24.5. The number of hydrogen-bond donors (Lipinski definition) is 2. The van der Waals surface area contributed by atoms with Gasteiger partial charge in [-0.1, -0.05) is 0 Å². The van der Waals surface area contributed by atoms with Crippen LogP contribution >= 0.6 is 11.6 Å².